The van der Waals surface area contributed by atoms with Gasteiger partial charge in [-0.3, -0.25) is 4.79 Å². The molecule has 0 bridgehead atoms. The Morgan fingerprint density at radius 1 is 1.47 bits per heavy atom. The van der Waals surface area contributed by atoms with Gasteiger partial charge in [-0.2, -0.15) is 0 Å². The Bertz CT molecular complexity index is 496. The van der Waals surface area contributed by atoms with Gasteiger partial charge in [0, 0.05) is 3.57 Å². The molecule has 17 heavy (non-hydrogen) atoms. The average Bonchev–Trinajstić information content (AvgIpc) is 2.28. The minimum absolute atomic E-state index is 0.289. The molecule has 0 amide bonds. The van der Waals surface area contributed by atoms with E-state index in [-0.39, 0.29) is 5.56 Å². The predicted octanol–water partition coefficient (Wildman–Crippen LogP) is 2.23. The molecule has 1 aromatic carbocycles. The second-order valence-corrected chi connectivity index (χ2v) is 4.27. The number of halogens is 2. The Morgan fingerprint density at radius 3 is 2.65 bits per heavy atom. The molecule has 1 aromatic rings. The molecule has 0 atom stereocenters. The summed E-state index contributed by atoms with van der Waals surface area (Å²) in [6.07, 6.45) is 0.782. The maximum absolute atomic E-state index is 13.4. The van der Waals surface area contributed by atoms with Crippen LogP contribution in [0.5, 0.6) is 0 Å². The van der Waals surface area contributed by atoms with Crippen molar-refractivity contribution in [2.45, 2.75) is 0 Å². The molecule has 6 heteroatoms. The number of rotatable bonds is 4. The second kappa shape index (κ2) is 5.76. The van der Waals surface area contributed by atoms with E-state index in [0.717, 1.165) is 12.3 Å². The minimum Gasteiger partial charge on any atom is -0.503 e. The Hall–Kier alpha value is -1.44. The summed E-state index contributed by atoms with van der Waals surface area (Å²) in [6.45, 7) is 0. The smallest absolute Gasteiger partial charge is 0.342 e. The van der Waals surface area contributed by atoms with Crippen molar-refractivity contribution in [3.63, 3.8) is 0 Å². The molecule has 4 nitrogen and oxygen atoms in total. The molecule has 90 valence electrons. The topological polar surface area (TPSA) is 63.6 Å². The molecule has 0 aliphatic heterocycles. The van der Waals surface area contributed by atoms with Crippen molar-refractivity contribution in [3.8, 4) is 0 Å². The Kier molecular flexibility index (Phi) is 4.62. The maximum Gasteiger partial charge on any atom is 0.342 e. The number of ketones is 1. The minimum atomic E-state index is -1.46. The van der Waals surface area contributed by atoms with Crippen molar-refractivity contribution in [1.82, 2.24) is 0 Å². The molecule has 0 aliphatic carbocycles. The van der Waals surface area contributed by atoms with Crippen molar-refractivity contribution in [2.75, 3.05) is 7.11 Å². The molecule has 0 saturated carbocycles. The quantitative estimate of drug-likeness (QED) is 0.226. The monoisotopic (exact) mass is 350 g/mol. The highest BCUT2D eigenvalue weighted by molar-refractivity contribution is 14.1. The van der Waals surface area contributed by atoms with Gasteiger partial charge in [-0.15, -0.1) is 0 Å². The lowest BCUT2D eigenvalue weighted by Crippen LogP contribution is -2.14. The van der Waals surface area contributed by atoms with Crippen LogP contribution < -0.4 is 0 Å². The fourth-order valence-electron chi connectivity index (χ4n) is 1.14. The molecule has 0 fully saturated rings. The number of hydrogen-bond donors (Lipinski definition) is 1. The zero-order chi connectivity index (χ0) is 13.0. The van der Waals surface area contributed by atoms with Crippen LogP contribution in [0.25, 0.3) is 0 Å². The van der Waals surface area contributed by atoms with E-state index in [1.54, 1.807) is 0 Å². The fraction of sp³-hybridized carbons (Fsp3) is 0.0909. The van der Waals surface area contributed by atoms with Crippen molar-refractivity contribution in [3.05, 3.63) is 45.0 Å². The van der Waals surface area contributed by atoms with E-state index in [1.807, 2.05) is 22.6 Å². The molecule has 0 unspecified atom stereocenters. The average molecular weight is 350 g/mol. The lowest BCUT2D eigenvalue weighted by atomic mass is 10.0. The van der Waals surface area contributed by atoms with Crippen molar-refractivity contribution in [1.29, 1.82) is 0 Å². The van der Waals surface area contributed by atoms with Crippen LogP contribution in [0.3, 0.4) is 0 Å². The van der Waals surface area contributed by atoms with Gasteiger partial charge < -0.3 is 9.84 Å². The SMILES string of the molecule is CO/C=C(/C(=O)O)C(=O)c1cc(I)ccc1F. The lowest BCUT2D eigenvalue weighted by molar-refractivity contribution is -0.132. The highest BCUT2D eigenvalue weighted by Gasteiger charge is 2.22. The number of Topliss-reactive ketones (excluding diaryl/α,β-unsaturated/α-hetero) is 1. The van der Waals surface area contributed by atoms with Gasteiger partial charge in [0.05, 0.1) is 12.7 Å². The number of carbonyl (C=O) groups is 2. The van der Waals surface area contributed by atoms with E-state index in [9.17, 15) is 14.0 Å². The zero-order valence-electron chi connectivity index (χ0n) is 8.74. The third kappa shape index (κ3) is 3.26. The summed E-state index contributed by atoms with van der Waals surface area (Å²) in [5.41, 5.74) is -0.906. The predicted molar refractivity (Wildman–Crippen MR) is 66.2 cm³/mol. The number of benzene rings is 1. The van der Waals surface area contributed by atoms with E-state index in [1.165, 1.54) is 19.2 Å². The Balaban J connectivity index is 3.23. The van der Waals surface area contributed by atoms with Gasteiger partial charge in [0.25, 0.3) is 0 Å². The molecule has 1 N–H and O–H groups in total. The van der Waals surface area contributed by atoms with Gasteiger partial charge in [-0.1, -0.05) is 0 Å². The van der Waals surface area contributed by atoms with Gasteiger partial charge in [0.1, 0.15) is 17.7 Å². The van der Waals surface area contributed by atoms with Crippen LogP contribution in [0, 0.1) is 9.39 Å². The molecule has 0 saturated heterocycles. The van der Waals surface area contributed by atoms with Crippen molar-refractivity contribution >= 4 is 34.3 Å². The van der Waals surface area contributed by atoms with Crippen molar-refractivity contribution < 1.29 is 23.8 Å². The van der Waals surface area contributed by atoms with Crippen LogP contribution >= 0.6 is 22.6 Å². The van der Waals surface area contributed by atoms with E-state index >= 15 is 0 Å². The summed E-state index contributed by atoms with van der Waals surface area (Å²) < 4.78 is 18.5. The summed E-state index contributed by atoms with van der Waals surface area (Å²) >= 11 is 1.90. The number of carbonyl (C=O) groups excluding carboxylic acids is 1. The molecule has 0 aromatic heterocycles. The van der Waals surface area contributed by atoms with Gasteiger partial charge in [-0.25, -0.2) is 9.18 Å². The number of ether oxygens (including phenoxy) is 1. The van der Waals surface area contributed by atoms with Crippen LogP contribution in [0.15, 0.2) is 30.0 Å². The Labute approximate surface area is 110 Å². The summed E-state index contributed by atoms with van der Waals surface area (Å²) in [5.74, 6) is -3.15. The molecule has 0 aliphatic rings. The lowest BCUT2D eigenvalue weighted by Gasteiger charge is -2.04. The summed E-state index contributed by atoms with van der Waals surface area (Å²) in [7, 11) is 1.21. The maximum atomic E-state index is 13.4. The van der Waals surface area contributed by atoms with Gasteiger partial charge in [0.15, 0.2) is 0 Å². The largest absolute Gasteiger partial charge is 0.503 e. The van der Waals surface area contributed by atoms with E-state index < -0.39 is 23.1 Å². The van der Waals surface area contributed by atoms with Gasteiger partial charge in [-0.05, 0) is 40.8 Å². The van der Waals surface area contributed by atoms with Crippen LogP contribution in [0.4, 0.5) is 4.39 Å². The number of aliphatic carboxylic acids is 1. The number of carboxylic acid groups (broad SMARTS) is 1. The highest BCUT2D eigenvalue weighted by atomic mass is 127. The first kappa shape index (κ1) is 13.6. The number of carboxylic acids is 1. The van der Waals surface area contributed by atoms with Crippen molar-refractivity contribution in [2.24, 2.45) is 0 Å². The number of methoxy groups -OCH3 is 1. The molecule has 0 radical (unpaired) electrons. The number of hydrogen-bond acceptors (Lipinski definition) is 3. The van der Waals surface area contributed by atoms with E-state index in [0.29, 0.717) is 3.57 Å². The molecule has 1 rings (SSSR count). The van der Waals surface area contributed by atoms with E-state index in [4.69, 9.17) is 5.11 Å². The van der Waals surface area contributed by atoms with Crippen LogP contribution in [-0.2, 0) is 9.53 Å². The standard InChI is InChI=1S/C11H8FIO4/c1-17-5-8(11(15)16)10(14)7-4-6(13)2-3-9(7)12/h2-5H,1H3,(H,15,16)/b8-5+. The molecule has 0 heterocycles. The highest BCUT2D eigenvalue weighted by Crippen LogP contribution is 2.16. The summed E-state index contributed by atoms with van der Waals surface area (Å²) in [5, 5.41) is 8.80. The zero-order valence-corrected chi connectivity index (χ0v) is 10.9. The summed E-state index contributed by atoms with van der Waals surface area (Å²) in [6, 6.07) is 3.87. The first-order valence-electron chi connectivity index (χ1n) is 4.43. The second-order valence-electron chi connectivity index (χ2n) is 3.03. The Morgan fingerprint density at radius 2 is 2.12 bits per heavy atom. The van der Waals surface area contributed by atoms with E-state index in [2.05, 4.69) is 4.74 Å². The third-order valence-corrected chi connectivity index (χ3v) is 2.55. The van der Waals surface area contributed by atoms with Gasteiger partial charge in [0.2, 0.25) is 5.78 Å². The first-order valence-corrected chi connectivity index (χ1v) is 5.51. The van der Waals surface area contributed by atoms with Crippen LogP contribution in [0.1, 0.15) is 10.4 Å². The van der Waals surface area contributed by atoms with Crippen LogP contribution in [0.2, 0.25) is 0 Å². The normalized spacial score (nSPS) is 11.1. The first-order chi connectivity index (χ1) is 7.97. The molecular formula is C11H8FIO4. The summed E-state index contributed by atoms with van der Waals surface area (Å²) in [4.78, 5) is 22.6. The van der Waals surface area contributed by atoms with Gasteiger partial charge >= 0.3 is 5.97 Å². The van der Waals surface area contributed by atoms with Crippen LogP contribution in [-0.4, -0.2) is 24.0 Å². The fourth-order valence-corrected chi connectivity index (χ4v) is 1.63. The third-order valence-electron chi connectivity index (χ3n) is 1.88. The molecule has 0 spiro atoms. The molecular weight excluding hydrogens is 342 g/mol.